The summed E-state index contributed by atoms with van der Waals surface area (Å²) in [5.41, 5.74) is 2.66. The zero-order valence-corrected chi connectivity index (χ0v) is 11.2. The highest BCUT2D eigenvalue weighted by Crippen LogP contribution is 2.35. The number of hydrogen-bond donors (Lipinski definition) is 1. The molecule has 0 aromatic heterocycles. The van der Waals surface area contributed by atoms with Crippen LogP contribution in [-0.2, 0) is 6.54 Å². The van der Waals surface area contributed by atoms with Crippen LogP contribution in [0.15, 0.2) is 24.3 Å². The Bertz CT molecular complexity index is 356. The summed E-state index contributed by atoms with van der Waals surface area (Å²) >= 11 is 0. The van der Waals surface area contributed by atoms with Crippen LogP contribution in [0.5, 0.6) is 0 Å². The first-order valence-corrected chi connectivity index (χ1v) is 6.69. The average Bonchev–Trinajstić information content (AvgIpc) is 3.09. The maximum absolute atomic E-state index is 3.69. The molecule has 2 nitrogen and oxygen atoms in total. The van der Waals surface area contributed by atoms with Crippen molar-refractivity contribution in [3.8, 4) is 0 Å². The molecular formula is C15H24N2. The molecule has 0 radical (unpaired) electrons. The Morgan fingerprint density at radius 2 is 2.12 bits per heavy atom. The summed E-state index contributed by atoms with van der Waals surface area (Å²) in [6, 6.07) is 9.49. The predicted octanol–water partition coefficient (Wildman–Crippen LogP) is 3.35. The molecule has 1 N–H and O–H groups in total. The van der Waals surface area contributed by atoms with Crippen molar-refractivity contribution in [2.45, 2.75) is 38.8 Å². The molecule has 1 fully saturated rings. The topological polar surface area (TPSA) is 15.3 Å². The summed E-state index contributed by atoms with van der Waals surface area (Å²) in [5, 5.41) is 3.69. The minimum absolute atomic E-state index is 0.671. The molecule has 0 amide bonds. The summed E-state index contributed by atoms with van der Waals surface area (Å²) in [4.78, 5) is 2.21. The van der Waals surface area contributed by atoms with E-state index >= 15 is 0 Å². The Kier molecular flexibility index (Phi) is 4.06. The van der Waals surface area contributed by atoms with Crippen molar-refractivity contribution in [2.75, 3.05) is 19.4 Å². The third kappa shape index (κ3) is 3.74. The lowest BCUT2D eigenvalue weighted by Gasteiger charge is -2.18. The van der Waals surface area contributed by atoms with Gasteiger partial charge in [-0.25, -0.2) is 0 Å². The van der Waals surface area contributed by atoms with Gasteiger partial charge in [0.15, 0.2) is 0 Å². The molecule has 1 aromatic rings. The molecule has 1 aliphatic rings. The minimum Gasteiger partial charge on any atom is -0.382 e. The molecule has 0 saturated heterocycles. The molecule has 0 heterocycles. The van der Waals surface area contributed by atoms with E-state index in [9.17, 15) is 0 Å². The van der Waals surface area contributed by atoms with Crippen molar-refractivity contribution in [3.05, 3.63) is 29.8 Å². The highest BCUT2D eigenvalue weighted by Gasteiger charge is 2.29. The van der Waals surface area contributed by atoms with E-state index in [0.717, 1.165) is 12.5 Å². The number of nitrogens with zero attached hydrogens (tertiary/aromatic N) is 1. The van der Waals surface area contributed by atoms with Gasteiger partial charge in [0.05, 0.1) is 0 Å². The van der Waals surface area contributed by atoms with Crippen LogP contribution in [0.3, 0.4) is 0 Å². The summed E-state index contributed by atoms with van der Waals surface area (Å²) in [5.74, 6) is 0.914. The molecule has 1 atom stereocenters. The Morgan fingerprint density at radius 3 is 2.71 bits per heavy atom. The largest absolute Gasteiger partial charge is 0.382 e. The van der Waals surface area contributed by atoms with E-state index in [0.29, 0.717) is 6.04 Å². The Morgan fingerprint density at radius 1 is 1.35 bits per heavy atom. The van der Waals surface area contributed by atoms with Gasteiger partial charge in [-0.05, 0) is 57.0 Å². The normalized spacial score (nSPS) is 17.2. The zero-order valence-electron chi connectivity index (χ0n) is 11.2. The van der Waals surface area contributed by atoms with Crippen LogP contribution >= 0.6 is 0 Å². The zero-order chi connectivity index (χ0) is 12.3. The van der Waals surface area contributed by atoms with Crippen LogP contribution in [0.1, 0.15) is 31.7 Å². The second-order valence-electron chi connectivity index (χ2n) is 5.43. The van der Waals surface area contributed by atoms with Gasteiger partial charge in [-0.2, -0.15) is 0 Å². The van der Waals surface area contributed by atoms with Gasteiger partial charge in [-0.1, -0.05) is 19.1 Å². The van der Waals surface area contributed by atoms with Crippen molar-refractivity contribution in [1.29, 1.82) is 0 Å². The number of benzene rings is 1. The summed E-state index contributed by atoms with van der Waals surface area (Å²) in [6.45, 7) is 3.29. The minimum atomic E-state index is 0.671. The average molecular weight is 232 g/mol. The van der Waals surface area contributed by atoms with Gasteiger partial charge in [0.25, 0.3) is 0 Å². The van der Waals surface area contributed by atoms with Crippen molar-refractivity contribution < 1.29 is 0 Å². The van der Waals surface area contributed by atoms with Crippen LogP contribution in [0, 0.1) is 5.92 Å². The predicted molar refractivity (Wildman–Crippen MR) is 74.3 cm³/mol. The van der Waals surface area contributed by atoms with Gasteiger partial charge in [0.2, 0.25) is 0 Å². The summed E-state index contributed by atoms with van der Waals surface area (Å²) < 4.78 is 0. The Balaban J connectivity index is 1.99. The van der Waals surface area contributed by atoms with Gasteiger partial charge in [-0.15, -0.1) is 0 Å². The lowest BCUT2D eigenvalue weighted by atomic mass is 10.1. The molecule has 0 aliphatic heterocycles. The second-order valence-corrected chi connectivity index (χ2v) is 5.43. The monoisotopic (exact) mass is 232 g/mol. The lowest BCUT2D eigenvalue weighted by molar-refractivity contribution is 0.402. The Labute approximate surface area is 105 Å². The van der Waals surface area contributed by atoms with E-state index in [-0.39, 0.29) is 0 Å². The van der Waals surface area contributed by atoms with E-state index in [1.54, 1.807) is 0 Å². The number of nitrogens with one attached hydrogen (secondary N) is 1. The van der Waals surface area contributed by atoms with Crippen molar-refractivity contribution in [3.63, 3.8) is 0 Å². The molecule has 1 aliphatic carbocycles. The SMILES string of the molecule is CCC(Nc1cccc(CN(C)C)c1)C1CC1. The maximum Gasteiger partial charge on any atom is 0.0345 e. The van der Waals surface area contributed by atoms with Crippen molar-refractivity contribution >= 4 is 5.69 Å². The number of hydrogen-bond acceptors (Lipinski definition) is 2. The summed E-state index contributed by atoms with van der Waals surface area (Å²) in [7, 11) is 4.22. The van der Waals surface area contributed by atoms with Crippen LogP contribution < -0.4 is 5.32 Å². The fraction of sp³-hybridized carbons (Fsp3) is 0.600. The molecule has 0 bridgehead atoms. The van der Waals surface area contributed by atoms with Crippen molar-refractivity contribution in [2.24, 2.45) is 5.92 Å². The molecule has 0 spiro atoms. The van der Waals surface area contributed by atoms with Crippen LogP contribution in [0.25, 0.3) is 0 Å². The van der Waals surface area contributed by atoms with Crippen molar-refractivity contribution in [1.82, 2.24) is 4.90 Å². The molecule has 2 heteroatoms. The fourth-order valence-electron chi connectivity index (χ4n) is 2.39. The van der Waals surface area contributed by atoms with E-state index in [1.807, 2.05) is 0 Å². The first kappa shape index (κ1) is 12.4. The highest BCUT2D eigenvalue weighted by molar-refractivity contribution is 5.46. The summed E-state index contributed by atoms with van der Waals surface area (Å²) in [6.07, 6.45) is 4.04. The van der Waals surface area contributed by atoms with Gasteiger partial charge >= 0.3 is 0 Å². The smallest absolute Gasteiger partial charge is 0.0345 e. The lowest BCUT2D eigenvalue weighted by Crippen LogP contribution is -2.20. The third-order valence-corrected chi connectivity index (χ3v) is 3.41. The first-order valence-electron chi connectivity index (χ1n) is 6.69. The quantitative estimate of drug-likeness (QED) is 0.809. The number of rotatable bonds is 6. The van der Waals surface area contributed by atoms with Gasteiger partial charge < -0.3 is 10.2 Å². The van der Waals surface area contributed by atoms with Gasteiger partial charge in [0.1, 0.15) is 0 Å². The molecule has 17 heavy (non-hydrogen) atoms. The van der Waals surface area contributed by atoms with E-state index in [2.05, 4.69) is 55.5 Å². The van der Waals surface area contributed by atoms with Crippen LogP contribution in [-0.4, -0.2) is 25.0 Å². The standard InChI is InChI=1S/C15H24N2/c1-4-15(13-8-9-13)16-14-7-5-6-12(10-14)11-17(2)3/h5-7,10,13,15-16H,4,8-9,11H2,1-3H3. The molecular weight excluding hydrogens is 208 g/mol. The maximum atomic E-state index is 3.69. The second kappa shape index (κ2) is 5.54. The van der Waals surface area contributed by atoms with E-state index in [4.69, 9.17) is 0 Å². The third-order valence-electron chi connectivity index (χ3n) is 3.41. The Hall–Kier alpha value is -1.02. The molecule has 1 unspecified atom stereocenters. The van der Waals surface area contributed by atoms with Gasteiger partial charge in [0, 0.05) is 18.3 Å². The first-order chi connectivity index (χ1) is 8.19. The molecule has 94 valence electrons. The number of anilines is 1. The van der Waals surface area contributed by atoms with E-state index < -0.39 is 0 Å². The molecule has 1 aromatic carbocycles. The highest BCUT2D eigenvalue weighted by atomic mass is 15.0. The van der Waals surface area contributed by atoms with E-state index in [1.165, 1.54) is 30.5 Å². The van der Waals surface area contributed by atoms with Crippen LogP contribution in [0.4, 0.5) is 5.69 Å². The molecule has 2 rings (SSSR count). The molecule has 1 saturated carbocycles. The fourth-order valence-corrected chi connectivity index (χ4v) is 2.39. The van der Waals surface area contributed by atoms with Crippen LogP contribution in [0.2, 0.25) is 0 Å². The van der Waals surface area contributed by atoms with Gasteiger partial charge in [-0.3, -0.25) is 0 Å².